The number of hydrogen-bond acceptors (Lipinski definition) is 2. The van der Waals surface area contributed by atoms with Gasteiger partial charge >= 0.3 is 0 Å². The molecule has 0 radical (unpaired) electrons. The molecule has 0 aliphatic heterocycles. The van der Waals surface area contributed by atoms with E-state index < -0.39 is 0 Å². The van der Waals surface area contributed by atoms with Crippen LogP contribution in [-0.2, 0) is 0 Å². The number of carbonyl (C=O) groups excluding carboxylic acids is 1. The molecule has 1 N–H and O–H groups in total. The summed E-state index contributed by atoms with van der Waals surface area (Å²) in [7, 11) is 1.64. The lowest BCUT2D eigenvalue weighted by Gasteiger charge is -2.18. The van der Waals surface area contributed by atoms with Crippen LogP contribution in [0.15, 0.2) is 42.5 Å². The number of carbonyl (C=O) groups is 1. The molecule has 2 aromatic carbocycles. The summed E-state index contributed by atoms with van der Waals surface area (Å²) in [5.74, 6) is 0.723. The molecule has 0 heterocycles. The first kappa shape index (κ1) is 15.1. The lowest BCUT2D eigenvalue weighted by molar-refractivity contribution is 0.0939. The highest BCUT2D eigenvalue weighted by Gasteiger charge is 2.16. The van der Waals surface area contributed by atoms with Gasteiger partial charge in [0.25, 0.3) is 5.91 Å². The fourth-order valence-electron chi connectivity index (χ4n) is 2.37. The minimum absolute atomic E-state index is 0.0605. The molecular weight excluding hydrogens is 262 g/mol. The van der Waals surface area contributed by atoms with Gasteiger partial charge in [-0.2, -0.15) is 0 Å². The van der Waals surface area contributed by atoms with Crippen molar-refractivity contribution in [1.29, 1.82) is 0 Å². The normalized spacial score (nSPS) is 11.8. The van der Waals surface area contributed by atoms with Crippen molar-refractivity contribution in [2.75, 3.05) is 7.11 Å². The summed E-state index contributed by atoms with van der Waals surface area (Å²) >= 11 is 0. The molecule has 0 aliphatic rings. The Morgan fingerprint density at radius 3 is 2.52 bits per heavy atom. The number of hydrogen-bond donors (Lipinski definition) is 1. The molecule has 21 heavy (non-hydrogen) atoms. The summed E-state index contributed by atoms with van der Waals surface area (Å²) in [5, 5.41) is 3.04. The lowest BCUT2D eigenvalue weighted by atomic mass is 10.0. The van der Waals surface area contributed by atoms with Crippen LogP contribution in [0, 0.1) is 13.8 Å². The summed E-state index contributed by atoms with van der Waals surface area (Å²) in [6.07, 6.45) is 0. The molecular formula is C18H21NO2. The number of methoxy groups -OCH3 is 1. The topological polar surface area (TPSA) is 38.3 Å². The Balaban J connectivity index is 2.21. The number of benzene rings is 2. The number of rotatable bonds is 4. The highest BCUT2D eigenvalue weighted by atomic mass is 16.5. The van der Waals surface area contributed by atoms with Gasteiger partial charge in [-0.25, -0.2) is 0 Å². The van der Waals surface area contributed by atoms with Gasteiger partial charge in [0.05, 0.1) is 13.2 Å². The van der Waals surface area contributed by atoms with E-state index in [2.05, 4.69) is 5.32 Å². The van der Waals surface area contributed by atoms with Gasteiger partial charge in [-0.3, -0.25) is 4.79 Å². The number of para-hydroxylation sites is 1. The van der Waals surface area contributed by atoms with Gasteiger partial charge in [-0.05, 0) is 44.0 Å². The second-order valence-corrected chi connectivity index (χ2v) is 5.18. The number of aryl methyl sites for hydroxylation is 1. The van der Waals surface area contributed by atoms with Crippen LogP contribution in [0.3, 0.4) is 0 Å². The Kier molecular flexibility index (Phi) is 4.63. The SMILES string of the molecule is COc1ccccc1C(C)NC(=O)c1cccc(C)c1C. The van der Waals surface area contributed by atoms with Crippen LogP contribution in [0.2, 0.25) is 0 Å². The molecule has 0 aromatic heterocycles. The molecule has 0 bridgehead atoms. The van der Waals surface area contributed by atoms with E-state index in [1.165, 1.54) is 0 Å². The second kappa shape index (κ2) is 6.44. The second-order valence-electron chi connectivity index (χ2n) is 5.18. The van der Waals surface area contributed by atoms with Crippen molar-refractivity contribution in [2.45, 2.75) is 26.8 Å². The summed E-state index contributed by atoms with van der Waals surface area (Å²) in [6.45, 7) is 5.94. The van der Waals surface area contributed by atoms with Gasteiger partial charge in [-0.1, -0.05) is 30.3 Å². The molecule has 0 fully saturated rings. The zero-order valence-electron chi connectivity index (χ0n) is 12.9. The fraction of sp³-hybridized carbons (Fsp3) is 0.278. The predicted molar refractivity (Wildman–Crippen MR) is 84.8 cm³/mol. The smallest absolute Gasteiger partial charge is 0.252 e. The van der Waals surface area contributed by atoms with E-state index in [4.69, 9.17) is 4.74 Å². The van der Waals surface area contributed by atoms with Crippen molar-refractivity contribution in [3.05, 3.63) is 64.7 Å². The van der Waals surface area contributed by atoms with E-state index in [0.29, 0.717) is 0 Å². The Morgan fingerprint density at radius 2 is 1.81 bits per heavy atom. The largest absolute Gasteiger partial charge is 0.496 e. The molecule has 110 valence electrons. The van der Waals surface area contributed by atoms with E-state index in [1.54, 1.807) is 7.11 Å². The predicted octanol–water partition coefficient (Wildman–Crippen LogP) is 3.80. The minimum atomic E-state index is -0.117. The zero-order valence-corrected chi connectivity index (χ0v) is 12.9. The van der Waals surface area contributed by atoms with Crippen molar-refractivity contribution in [3.8, 4) is 5.75 Å². The average Bonchev–Trinajstić information content (AvgIpc) is 2.49. The third kappa shape index (κ3) is 3.24. The van der Waals surface area contributed by atoms with E-state index >= 15 is 0 Å². The first-order chi connectivity index (χ1) is 10.0. The maximum absolute atomic E-state index is 12.4. The quantitative estimate of drug-likeness (QED) is 0.926. The Bertz CT molecular complexity index is 649. The van der Waals surface area contributed by atoms with Gasteiger partial charge in [0.1, 0.15) is 5.75 Å². The lowest BCUT2D eigenvalue weighted by Crippen LogP contribution is -2.27. The van der Waals surface area contributed by atoms with Crippen molar-refractivity contribution in [3.63, 3.8) is 0 Å². The number of amides is 1. The minimum Gasteiger partial charge on any atom is -0.496 e. The van der Waals surface area contributed by atoms with Crippen molar-refractivity contribution >= 4 is 5.91 Å². The maximum atomic E-state index is 12.4. The van der Waals surface area contributed by atoms with E-state index in [0.717, 1.165) is 28.0 Å². The molecule has 3 heteroatoms. The van der Waals surface area contributed by atoms with Crippen LogP contribution >= 0.6 is 0 Å². The van der Waals surface area contributed by atoms with Crippen LogP contribution in [0.5, 0.6) is 5.75 Å². The van der Waals surface area contributed by atoms with Gasteiger partial charge < -0.3 is 10.1 Å². The molecule has 1 unspecified atom stereocenters. The van der Waals surface area contributed by atoms with Crippen molar-refractivity contribution in [2.24, 2.45) is 0 Å². The van der Waals surface area contributed by atoms with Crippen LogP contribution in [0.4, 0.5) is 0 Å². The fourth-order valence-corrected chi connectivity index (χ4v) is 2.37. The molecule has 0 spiro atoms. The molecule has 0 aliphatic carbocycles. The summed E-state index contributed by atoms with van der Waals surface area (Å²) in [5.41, 5.74) is 3.82. The highest BCUT2D eigenvalue weighted by molar-refractivity contribution is 5.96. The van der Waals surface area contributed by atoms with Gasteiger partial charge in [0.15, 0.2) is 0 Å². The van der Waals surface area contributed by atoms with E-state index in [-0.39, 0.29) is 11.9 Å². The summed E-state index contributed by atoms with van der Waals surface area (Å²) in [6, 6.07) is 13.4. The highest BCUT2D eigenvalue weighted by Crippen LogP contribution is 2.25. The molecule has 1 amide bonds. The van der Waals surface area contributed by atoms with Crippen molar-refractivity contribution in [1.82, 2.24) is 5.32 Å². The molecule has 2 aromatic rings. The standard InChI is InChI=1S/C18H21NO2/c1-12-8-7-10-15(13(12)2)18(20)19-14(3)16-9-5-6-11-17(16)21-4/h5-11,14H,1-4H3,(H,19,20). The summed E-state index contributed by atoms with van der Waals surface area (Å²) in [4.78, 5) is 12.4. The van der Waals surface area contributed by atoms with Crippen LogP contribution < -0.4 is 10.1 Å². The third-order valence-corrected chi connectivity index (χ3v) is 3.80. The van der Waals surface area contributed by atoms with Gasteiger partial charge in [0, 0.05) is 11.1 Å². The van der Waals surface area contributed by atoms with E-state index in [1.807, 2.05) is 63.2 Å². The maximum Gasteiger partial charge on any atom is 0.252 e. The zero-order chi connectivity index (χ0) is 15.4. The molecule has 2 rings (SSSR count). The summed E-state index contributed by atoms with van der Waals surface area (Å²) < 4.78 is 5.35. The van der Waals surface area contributed by atoms with Gasteiger partial charge in [-0.15, -0.1) is 0 Å². The molecule has 0 saturated carbocycles. The molecule has 0 saturated heterocycles. The first-order valence-corrected chi connectivity index (χ1v) is 7.04. The van der Waals surface area contributed by atoms with Crippen LogP contribution in [0.1, 0.15) is 40.0 Å². The Hall–Kier alpha value is -2.29. The van der Waals surface area contributed by atoms with Gasteiger partial charge in [0.2, 0.25) is 0 Å². The number of nitrogens with one attached hydrogen (secondary N) is 1. The van der Waals surface area contributed by atoms with Crippen LogP contribution in [0.25, 0.3) is 0 Å². The number of ether oxygens (including phenoxy) is 1. The third-order valence-electron chi connectivity index (χ3n) is 3.80. The monoisotopic (exact) mass is 283 g/mol. The Morgan fingerprint density at radius 1 is 1.10 bits per heavy atom. The molecule has 3 nitrogen and oxygen atoms in total. The Labute approximate surface area is 126 Å². The molecule has 1 atom stereocenters. The average molecular weight is 283 g/mol. The van der Waals surface area contributed by atoms with E-state index in [9.17, 15) is 4.79 Å². The first-order valence-electron chi connectivity index (χ1n) is 7.04. The van der Waals surface area contributed by atoms with Crippen LogP contribution in [-0.4, -0.2) is 13.0 Å². The van der Waals surface area contributed by atoms with Crippen molar-refractivity contribution < 1.29 is 9.53 Å².